The van der Waals surface area contributed by atoms with Crippen LogP contribution in [0.15, 0.2) is 45.7 Å². The molecule has 0 radical (unpaired) electrons. The van der Waals surface area contributed by atoms with Gasteiger partial charge in [0.1, 0.15) is 0 Å². The van der Waals surface area contributed by atoms with Crippen LogP contribution in [0.3, 0.4) is 0 Å². The van der Waals surface area contributed by atoms with Crippen LogP contribution in [0.4, 0.5) is 0 Å². The van der Waals surface area contributed by atoms with Crippen LogP contribution in [0.2, 0.25) is 0 Å². The van der Waals surface area contributed by atoms with Crippen molar-refractivity contribution in [2.24, 2.45) is 0 Å². The number of aryl methyl sites for hydroxylation is 2. The number of rotatable bonds is 5. The topological polar surface area (TPSA) is 39.8 Å². The van der Waals surface area contributed by atoms with Crippen molar-refractivity contribution in [1.82, 2.24) is 14.3 Å². The minimum absolute atomic E-state index is 0.0338. The van der Waals surface area contributed by atoms with Gasteiger partial charge in [-0.05, 0) is 43.2 Å². The fourth-order valence-electron chi connectivity index (χ4n) is 2.72. The van der Waals surface area contributed by atoms with Crippen molar-refractivity contribution in [3.05, 3.63) is 62.5 Å². The van der Waals surface area contributed by atoms with Crippen LogP contribution >= 0.6 is 15.9 Å². The predicted octanol–water partition coefficient (Wildman–Crippen LogP) is 4.12. The molecule has 4 nitrogen and oxygen atoms in total. The summed E-state index contributed by atoms with van der Waals surface area (Å²) < 4.78 is 4.89. The normalized spacial score (nSPS) is 11.3. The van der Waals surface area contributed by atoms with E-state index in [9.17, 15) is 4.79 Å². The van der Waals surface area contributed by atoms with E-state index in [1.165, 1.54) is 0 Å². The monoisotopic (exact) mass is 373 g/mol. The van der Waals surface area contributed by atoms with Crippen molar-refractivity contribution < 1.29 is 0 Å². The fraction of sp³-hybridized carbons (Fsp3) is 0.333. The summed E-state index contributed by atoms with van der Waals surface area (Å²) in [6.45, 7) is 5.48. The molecule has 0 spiro atoms. The first-order valence-electron chi connectivity index (χ1n) is 7.91. The number of hydrogen-bond acceptors (Lipinski definition) is 2. The first kappa shape index (κ1) is 16.0. The van der Waals surface area contributed by atoms with Gasteiger partial charge in [0, 0.05) is 16.7 Å². The number of fused-ring (bicyclic) bond motifs is 1. The molecule has 0 saturated heterocycles. The summed E-state index contributed by atoms with van der Waals surface area (Å²) >= 11 is 3.45. The lowest BCUT2D eigenvalue weighted by molar-refractivity contribution is 0.464. The minimum Gasteiger partial charge on any atom is -0.267 e. The van der Waals surface area contributed by atoms with Crippen LogP contribution in [-0.2, 0) is 13.1 Å². The highest BCUT2D eigenvalue weighted by atomic mass is 79.9. The molecule has 0 fully saturated rings. The lowest BCUT2D eigenvalue weighted by Gasteiger charge is -2.12. The molecule has 0 aliphatic rings. The van der Waals surface area contributed by atoms with E-state index in [0.717, 1.165) is 40.8 Å². The highest BCUT2D eigenvalue weighted by Crippen LogP contribution is 2.15. The molecular weight excluding hydrogens is 354 g/mol. The Bertz CT molecular complexity index is 878. The number of benzene rings is 1. The third kappa shape index (κ3) is 3.24. The summed E-state index contributed by atoms with van der Waals surface area (Å²) in [5, 5.41) is 0.698. The third-order valence-corrected chi connectivity index (χ3v) is 4.51. The summed E-state index contributed by atoms with van der Waals surface area (Å²) in [6.07, 6.45) is 2.11. The van der Waals surface area contributed by atoms with Gasteiger partial charge in [-0.2, -0.15) is 0 Å². The van der Waals surface area contributed by atoms with Gasteiger partial charge in [0.05, 0.1) is 11.9 Å². The quantitative estimate of drug-likeness (QED) is 0.674. The maximum atomic E-state index is 12.8. The SMILES string of the molecule is CCCCn1c2nc(C)ccc2c(=O)n1Cc1ccc(Br)cc1. The standard InChI is InChI=1S/C18H20BrN3O/c1-3-4-11-21-17-16(10-5-13(2)20-17)18(23)22(21)12-14-6-8-15(19)9-7-14/h5-10H,3-4,11-12H2,1-2H3. The first-order valence-corrected chi connectivity index (χ1v) is 8.71. The summed E-state index contributed by atoms with van der Waals surface area (Å²) in [5.41, 5.74) is 2.86. The first-order chi connectivity index (χ1) is 11.1. The lowest BCUT2D eigenvalue weighted by atomic mass is 10.2. The van der Waals surface area contributed by atoms with Gasteiger partial charge in [0.15, 0.2) is 5.65 Å². The number of hydrogen-bond donors (Lipinski definition) is 0. The van der Waals surface area contributed by atoms with Crippen molar-refractivity contribution in [3.8, 4) is 0 Å². The van der Waals surface area contributed by atoms with E-state index in [-0.39, 0.29) is 5.56 Å². The summed E-state index contributed by atoms with van der Waals surface area (Å²) in [5.74, 6) is 0. The second kappa shape index (κ2) is 6.71. The molecule has 0 saturated carbocycles. The van der Waals surface area contributed by atoms with Crippen LogP contribution in [0.25, 0.3) is 11.0 Å². The van der Waals surface area contributed by atoms with E-state index in [1.54, 1.807) is 0 Å². The summed E-state index contributed by atoms with van der Waals surface area (Å²) in [4.78, 5) is 17.4. The Morgan fingerprint density at radius 3 is 2.52 bits per heavy atom. The van der Waals surface area contributed by atoms with Gasteiger partial charge in [-0.1, -0.05) is 41.4 Å². The molecular formula is C18H20BrN3O. The van der Waals surface area contributed by atoms with E-state index in [4.69, 9.17) is 0 Å². The van der Waals surface area contributed by atoms with Gasteiger partial charge in [-0.3, -0.25) is 9.48 Å². The van der Waals surface area contributed by atoms with Crippen LogP contribution in [0, 0.1) is 6.92 Å². The third-order valence-electron chi connectivity index (χ3n) is 3.98. The predicted molar refractivity (Wildman–Crippen MR) is 96.9 cm³/mol. The van der Waals surface area contributed by atoms with Crippen LogP contribution < -0.4 is 5.56 Å². The zero-order chi connectivity index (χ0) is 16.4. The Balaban J connectivity index is 2.11. The zero-order valence-corrected chi connectivity index (χ0v) is 15.0. The molecule has 0 amide bonds. The number of nitrogens with zero attached hydrogens (tertiary/aromatic N) is 3. The van der Waals surface area contributed by atoms with E-state index in [0.29, 0.717) is 11.9 Å². The van der Waals surface area contributed by atoms with E-state index < -0.39 is 0 Å². The van der Waals surface area contributed by atoms with E-state index in [2.05, 4.69) is 27.8 Å². The van der Waals surface area contributed by atoms with E-state index in [1.807, 2.05) is 52.7 Å². The van der Waals surface area contributed by atoms with Crippen molar-refractivity contribution >= 4 is 27.0 Å². The molecule has 5 heteroatoms. The molecule has 2 heterocycles. The van der Waals surface area contributed by atoms with Crippen LogP contribution in [-0.4, -0.2) is 14.3 Å². The Kier molecular flexibility index (Phi) is 4.66. The fourth-order valence-corrected chi connectivity index (χ4v) is 2.99. The van der Waals surface area contributed by atoms with Gasteiger partial charge in [0.25, 0.3) is 5.56 Å². The molecule has 0 aliphatic carbocycles. The average molecular weight is 374 g/mol. The Labute approximate surface area is 143 Å². The molecule has 0 unspecified atom stereocenters. The minimum atomic E-state index is 0.0338. The molecule has 2 aromatic heterocycles. The van der Waals surface area contributed by atoms with Gasteiger partial charge >= 0.3 is 0 Å². The average Bonchev–Trinajstić information content (AvgIpc) is 2.79. The van der Waals surface area contributed by atoms with Gasteiger partial charge in [0.2, 0.25) is 0 Å². The molecule has 1 aromatic carbocycles. The van der Waals surface area contributed by atoms with Crippen molar-refractivity contribution in [2.75, 3.05) is 0 Å². The summed E-state index contributed by atoms with van der Waals surface area (Å²) in [6, 6.07) is 11.9. The maximum Gasteiger partial charge on any atom is 0.276 e. The second-order valence-electron chi connectivity index (χ2n) is 5.79. The van der Waals surface area contributed by atoms with Crippen molar-refractivity contribution in [1.29, 1.82) is 0 Å². The van der Waals surface area contributed by atoms with Gasteiger partial charge < -0.3 is 0 Å². The van der Waals surface area contributed by atoms with Crippen LogP contribution in [0.1, 0.15) is 31.0 Å². The largest absolute Gasteiger partial charge is 0.276 e. The Morgan fingerprint density at radius 2 is 1.83 bits per heavy atom. The molecule has 120 valence electrons. The highest BCUT2D eigenvalue weighted by Gasteiger charge is 2.14. The molecule has 0 aliphatic heterocycles. The number of halogens is 1. The Hall–Kier alpha value is -1.88. The molecule has 3 aromatic rings. The maximum absolute atomic E-state index is 12.8. The summed E-state index contributed by atoms with van der Waals surface area (Å²) in [7, 11) is 0. The lowest BCUT2D eigenvalue weighted by Crippen LogP contribution is -2.24. The van der Waals surface area contributed by atoms with Gasteiger partial charge in [-0.25, -0.2) is 9.67 Å². The second-order valence-corrected chi connectivity index (χ2v) is 6.71. The van der Waals surface area contributed by atoms with Crippen molar-refractivity contribution in [3.63, 3.8) is 0 Å². The molecule has 3 rings (SSSR count). The van der Waals surface area contributed by atoms with E-state index >= 15 is 0 Å². The highest BCUT2D eigenvalue weighted by molar-refractivity contribution is 9.10. The number of pyridine rings is 1. The number of aromatic nitrogens is 3. The Morgan fingerprint density at radius 1 is 1.09 bits per heavy atom. The zero-order valence-electron chi connectivity index (χ0n) is 13.4. The van der Waals surface area contributed by atoms with Crippen molar-refractivity contribution in [2.45, 2.75) is 39.8 Å². The van der Waals surface area contributed by atoms with Crippen LogP contribution in [0.5, 0.6) is 0 Å². The molecule has 0 bridgehead atoms. The number of unbranched alkanes of at least 4 members (excludes halogenated alkanes) is 1. The smallest absolute Gasteiger partial charge is 0.267 e. The molecule has 0 atom stereocenters. The molecule has 23 heavy (non-hydrogen) atoms. The molecule has 0 N–H and O–H groups in total. The van der Waals surface area contributed by atoms with Gasteiger partial charge in [-0.15, -0.1) is 0 Å².